The number of benzene rings is 11. The first kappa shape index (κ1) is 36.8. The highest BCUT2D eigenvalue weighted by Crippen LogP contribution is 2.57. The Morgan fingerprint density at radius 2 is 0.879 bits per heavy atom. The average Bonchev–Trinajstić information content (AvgIpc) is 3.89. The molecule has 0 aliphatic heterocycles. The fourth-order valence-electron chi connectivity index (χ4n) is 11.5. The second-order valence-corrected chi connectivity index (χ2v) is 17.8. The van der Waals surface area contributed by atoms with E-state index in [1.807, 2.05) is 0 Å². The molecule has 66 heavy (non-hydrogen) atoms. The van der Waals surface area contributed by atoms with Crippen LogP contribution in [0, 0.1) is 0 Å². The van der Waals surface area contributed by atoms with E-state index in [0.29, 0.717) is 0 Å². The van der Waals surface area contributed by atoms with Crippen LogP contribution in [0.4, 0.5) is 0 Å². The Morgan fingerprint density at radius 3 is 1.55 bits per heavy atom. The van der Waals surface area contributed by atoms with Crippen LogP contribution in [0.2, 0.25) is 0 Å². The molecule has 1 aliphatic rings. The lowest BCUT2D eigenvalue weighted by molar-refractivity contribution is 0.769. The van der Waals surface area contributed by atoms with Crippen LogP contribution in [0.1, 0.15) is 22.3 Å². The summed E-state index contributed by atoms with van der Waals surface area (Å²) in [4.78, 5) is 5.64. The van der Waals surface area contributed by atoms with Gasteiger partial charge in [0.2, 0.25) is 0 Å². The number of hydrogen-bond acceptors (Lipinski definition) is 1. The van der Waals surface area contributed by atoms with E-state index in [2.05, 4.69) is 247 Å². The standard InChI is InChI=1S/C64H40N2/c1-3-19-47(20-4-1)64(48-21-5-2-6-22-48)56-26-14-13-25-52(56)54-38-55-53(46-28-27-41-15-7-8-18-45(41)37-46)39-58(65-59(55)40-57(54)64)44-29-33-49(34-30-44)66-60-35-31-42-16-9-11-23-50(42)62(60)63-51-24-12-10-17-43(51)32-36-61(63)66/h1-40H. The Bertz CT molecular complexity index is 3960. The molecule has 13 aromatic rings. The highest BCUT2D eigenvalue weighted by atomic mass is 15.0. The van der Waals surface area contributed by atoms with Gasteiger partial charge in [0, 0.05) is 27.4 Å². The van der Waals surface area contributed by atoms with Gasteiger partial charge in [0.15, 0.2) is 0 Å². The van der Waals surface area contributed by atoms with Crippen LogP contribution in [0.25, 0.3) is 104 Å². The van der Waals surface area contributed by atoms with E-state index in [-0.39, 0.29) is 0 Å². The molecule has 0 amide bonds. The van der Waals surface area contributed by atoms with Crippen LogP contribution in [0.5, 0.6) is 0 Å². The third-order valence-corrected chi connectivity index (χ3v) is 14.4. The van der Waals surface area contributed by atoms with Gasteiger partial charge in [-0.15, -0.1) is 0 Å². The monoisotopic (exact) mass is 836 g/mol. The summed E-state index contributed by atoms with van der Waals surface area (Å²) in [6.45, 7) is 0. The Balaban J connectivity index is 1.01. The van der Waals surface area contributed by atoms with Gasteiger partial charge in [0.25, 0.3) is 0 Å². The van der Waals surface area contributed by atoms with Crippen molar-refractivity contribution in [1.82, 2.24) is 9.55 Å². The molecule has 2 heteroatoms. The van der Waals surface area contributed by atoms with E-state index < -0.39 is 5.41 Å². The fraction of sp³-hybridized carbons (Fsp3) is 0.0156. The minimum Gasteiger partial charge on any atom is -0.309 e. The lowest BCUT2D eigenvalue weighted by Gasteiger charge is -2.34. The smallest absolute Gasteiger partial charge is 0.0719 e. The van der Waals surface area contributed by atoms with Gasteiger partial charge in [-0.25, -0.2) is 4.98 Å². The molecule has 0 fully saturated rings. The molecule has 0 unspecified atom stereocenters. The molecule has 0 saturated carbocycles. The molecule has 1 aliphatic carbocycles. The quantitative estimate of drug-likeness (QED) is 0.169. The van der Waals surface area contributed by atoms with Gasteiger partial charge in [-0.2, -0.15) is 0 Å². The number of aromatic nitrogens is 2. The summed E-state index contributed by atoms with van der Waals surface area (Å²) in [6, 6.07) is 89.4. The molecule has 0 N–H and O–H groups in total. The largest absolute Gasteiger partial charge is 0.309 e. The number of fused-ring (bicyclic) bond motifs is 12. The van der Waals surface area contributed by atoms with Crippen molar-refractivity contribution in [3.8, 4) is 39.2 Å². The van der Waals surface area contributed by atoms with Crippen LogP contribution in [0.3, 0.4) is 0 Å². The summed E-state index contributed by atoms with van der Waals surface area (Å²) in [5.41, 5.74) is 15.9. The van der Waals surface area contributed by atoms with Crippen LogP contribution in [-0.2, 0) is 5.41 Å². The van der Waals surface area contributed by atoms with Crippen LogP contribution < -0.4 is 0 Å². The maximum absolute atomic E-state index is 5.64. The molecule has 0 spiro atoms. The molecule has 2 nitrogen and oxygen atoms in total. The number of nitrogens with zero attached hydrogens (tertiary/aromatic N) is 2. The van der Waals surface area contributed by atoms with Gasteiger partial charge >= 0.3 is 0 Å². The SMILES string of the molecule is c1ccc(C2(c3ccccc3)c3ccccc3-c3cc4c(-c5ccc6ccccc6c5)cc(-c5ccc(-n6c7ccc8ccccc8c7c7c8ccccc8ccc76)cc5)nc4cc32)cc1. The predicted molar refractivity (Wildman–Crippen MR) is 277 cm³/mol. The third kappa shape index (κ3) is 5.27. The van der Waals surface area contributed by atoms with E-state index in [0.717, 1.165) is 27.8 Å². The number of rotatable bonds is 5. The summed E-state index contributed by atoms with van der Waals surface area (Å²) >= 11 is 0. The molecule has 2 heterocycles. The lowest BCUT2D eigenvalue weighted by Crippen LogP contribution is -2.28. The Labute approximate surface area is 382 Å². The van der Waals surface area contributed by atoms with Crippen LogP contribution in [0.15, 0.2) is 243 Å². The van der Waals surface area contributed by atoms with Gasteiger partial charge in [0.05, 0.1) is 27.7 Å². The molecule has 0 bridgehead atoms. The second-order valence-electron chi connectivity index (χ2n) is 17.8. The molecule has 0 atom stereocenters. The summed E-state index contributed by atoms with van der Waals surface area (Å²) in [6.07, 6.45) is 0. The predicted octanol–water partition coefficient (Wildman–Crippen LogP) is 16.5. The second kappa shape index (κ2) is 14.2. The van der Waals surface area contributed by atoms with Gasteiger partial charge in [-0.1, -0.05) is 194 Å². The topological polar surface area (TPSA) is 17.8 Å². The lowest BCUT2D eigenvalue weighted by atomic mass is 9.67. The Morgan fingerprint density at radius 1 is 0.333 bits per heavy atom. The van der Waals surface area contributed by atoms with E-state index >= 15 is 0 Å². The molecule has 2 aromatic heterocycles. The molecule has 14 rings (SSSR count). The summed E-state index contributed by atoms with van der Waals surface area (Å²) in [5.74, 6) is 0. The first-order chi connectivity index (χ1) is 32.7. The molecule has 306 valence electrons. The fourth-order valence-corrected chi connectivity index (χ4v) is 11.5. The molecule has 0 saturated heterocycles. The van der Waals surface area contributed by atoms with Crippen molar-refractivity contribution < 1.29 is 0 Å². The van der Waals surface area contributed by atoms with E-state index in [1.54, 1.807) is 0 Å². The Hall–Kier alpha value is -8.59. The van der Waals surface area contributed by atoms with Crippen molar-refractivity contribution in [2.24, 2.45) is 0 Å². The molecular weight excluding hydrogens is 797 g/mol. The normalized spacial score (nSPS) is 13.0. The van der Waals surface area contributed by atoms with Crippen LogP contribution in [-0.4, -0.2) is 9.55 Å². The van der Waals surface area contributed by atoms with Gasteiger partial charge < -0.3 is 4.57 Å². The van der Waals surface area contributed by atoms with Crippen molar-refractivity contribution >= 4 is 65.0 Å². The van der Waals surface area contributed by atoms with Crippen molar-refractivity contribution in [3.63, 3.8) is 0 Å². The average molecular weight is 837 g/mol. The zero-order valence-corrected chi connectivity index (χ0v) is 36.0. The summed E-state index contributed by atoms with van der Waals surface area (Å²) in [7, 11) is 0. The van der Waals surface area contributed by atoms with E-state index in [4.69, 9.17) is 4.98 Å². The van der Waals surface area contributed by atoms with Crippen molar-refractivity contribution in [2.45, 2.75) is 5.41 Å². The maximum atomic E-state index is 5.64. The number of pyridine rings is 1. The van der Waals surface area contributed by atoms with E-state index in [9.17, 15) is 0 Å². The highest BCUT2D eigenvalue weighted by Gasteiger charge is 2.46. The summed E-state index contributed by atoms with van der Waals surface area (Å²) < 4.78 is 2.44. The van der Waals surface area contributed by atoms with E-state index in [1.165, 1.54) is 98.6 Å². The maximum Gasteiger partial charge on any atom is 0.0719 e. The highest BCUT2D eigenvalue weighted by molar-refractivity contribution is 6.28. The van der Waals surface area contributed by atoms with Gasteiger partial charge in [-0.3, -0.25) is 0 Å². The van der Waals surface area contributed by atoms with Crippen molar-refractivity contribution in [3.05, 3.63) is 265 Å². The van der Waals surface area contributed by atoms with Gasteiger partial charge in [-0.05, 0) is 125 Å². The molecule has 0 radical (unpaired) electrons. The minimum atomic E-state index is -0.524. The minimum absolute atomic E-state index is 0.524. The van der Waals surface area contributed by atoms with Crippen molar-refractivity contribution in [2.75, 3.05) is 0 Å². The first-order valence-corrected chi connectivity index (χ1v) is 22.9. The molecular formula is C64H40N2. The zero-order valence-electron chi connectivity index (χ0n) is 36.0. The summed E-state index contributed by atoms with van der Waals surface area (Å²) in [5, 5.41) is 11.2. The third-order valence-electron chi connectivity index (χ3n) is 14.4. The van der Waals surface area contributed by atoms with Gasteiger partial charge in [0.1, 0.15) is 0 Å². The molecule has 11 aromatic carbocycles. The van der Waals surface area contributed by atoms with Crippen LogP contribution >= 0.6 is 0 Å². The van der Waals surface area contributed by atoms with Crippen molar-refractivity contribution in [1.29, 1.82) is 0 Å². The zero-order chi connectivity index (χ0) is 43.3. The Kier molecular flexibility index (Phi) is 7.93. The number of hydrogen-bond donors (Lipinski definition) is 0. The first-order valence-electron chi connectivity index (χ1n) is 22.9.